The van der Waals surface area contributed by atoms with Crippen LogP contribution in [0.15, 0.2) is 59.5 Å². The topological polar surface area (TPSA) is 47.3 Å². The van der Waals surface area contributed by atoms with Gasteiger partial charge in [0, 0.05) is 10.6 Å². The number of thioether (sulfide) groups is 1. The summed E-state index contributed by atoms with van der Waals surface area (Å²) < 4.78 is 5.60. The zero-order valence-electron chi connectivity index (χ0n) is 12.3. The van der Waals surface area contributed by atoms with Crippen molar-refractivity contribution in [2.24, 2.45) is 5.84 Å². The lowest BCUT2D eigenvalue weighted by molar-refractivity contribution is 0.317. The predicted molar refractivity (Wildman–Crippen MR) is 89.5 cm³/mol. The number of rotatable bonds is 8. The van der Waals surface area contributed by atoms with Gasteiger partial charge in [-0.3, -0.25) is 11.3 Å². The van der Waals surface area contributed by atoms with E-state index in [0.717, 1.165) is 24.5 Å². The van der Waals surface area contributed by atoms with Gasteiger partial charge in [-0.15, -0.1) is 11.8 Å². The van der Waals surface area contributed by atoms with Gasteiger partial charge in [0.15, 0.2) is 0 Å². The van der Waals surface area contributed by atoms with Crippen molar-refractivity contribution in [3.05, 3.63) is 60.2 Å². The second-order valence-electron chi connectivity index (χ2n) is 4.76. The molecule has 0 saturated carbocycles. The van der Waals surface area contributed by atoms with Gasteiger partial charge in [0.1, 0.15) is 5.75 Å². The maximum Gasteiger partial charge on any atom is 0.119 e. The maximum absolute atomic E-state index is 5.69. The van der Waals surface area contributed by atoms with Gasteiger partial charge < -0.3 is 4.74 Å². The molecule has 4 heteroatoms. The van der Waals surface area contributed by atoms with Crippen LogP contribution in [0.4, 0.5) is 0 Å². The van der Waals surface area contributed by atoms with Crippen LogP contribution in [0.25, 0.3) is 0 Å². The Morgan fingerprint density at radius 3 is 2.43 bits per heavy atom. The molecule has 2 aromatic rings. The van der Waals surface area contributed by atoms with Crippen molar-refractivity contribution >= 4 is 11.8 Å². The third-order valence-corrected chi connectivity index (χ3v) is 4.22. The van der Waals surface area contributed by atoms with Crippen molar-refractivity contribution in [1.82, 2.24) is 5.43 Å². The molecule has 0 heterocycles. The van der Waals surface area contributed by atoms with E-state index in [-0.39, 0.29) is 6.04 Å². The minimum absolute atomic E-state index is 0.121. The fourth-order valence-electron chi connectivity index (χ4n) is 1.95. The van der Waals surface area contributed by atoms with Crippen LogP contribution >= 0.6 is 11.8 Å². The summed E-state index contributed by atoms with van der Waals surface area (Å²) in [5, 5.41) is 0. The van der Waals surface area contributed by atoms with Crippen molar-refractivity contribution in [1.29, 1.82) is 0 Å². The monoisotopic (exact) mass is 302 g/mol. The molecule has 0 radical (unpaired) electrons. The third-order valence-electron chi connectivity index (χ3n) is 3.12. The molecule has 0 spiro atoms. The van der Waals surface area contributed by atoms with Crippen LogP contribution in [-0.4, -0.2) is 12.4 Å². The molecule has 2 aromatic carbocycles. The number of ether oxygens (including phenoxy) is 1. The van der Waals surface area contributed by atoms with E-state index in [1.54, 1.807) is 11.8 Å². The fraction of sp³-hybridized carbons (Fsp3) is 0.294. The van der Waals surface area contributed by atoms with Gasteiger partial charge in [-0.1, -0.05) is 37.3 Å². The van der Waals surface area contributed by atoms with Crippen LogP contribution in [0.2, 0.25) is 0 Å². The highest BCUT2D eigenvalue weighted by Crippen LogP contribution is 2.25. The minimum Gasteiger partial charge on any atom is -0.494 e. The summed E-state index contributed by atoms with van der Waals surface area (Å²) in [4.78, 5) is 1.25. The highest BCUT2D eigenvalue weighted by molar-refractivity contribution is 7.99. The molecular formula is C17H22N2OS. The number of nitrogens with one attached hydrogen (secondary N) is 1. The Morgan fingerprint density at radius 2 is 1.81 bits per heavy atom. The van der Waals surface area contributed by atoms with E-state index in [9.17, 15) is 0 Å². The zero-order chi connectivity index (χ0) is 14.9. The molecule has 0 amide bonds. The normalized spacial score (nSPS) is 12.1. The number of nitrogens with two attached hydrogens (primary N) is 1. The van der Waals surface area contributed by atoms with Gasteiger partial charge in [-0.2, -0.15) is 0 Å². The maximum atomic E-state index is 5.69. The van der Waals surface area contributed by atoms with E-state index in [2.05, 4.69) is 36.6 Å². The van der Waals surface area contributed by atoms with E-state index in [4.69, 9.17) is 10.6 Å². The molecule has 1 unspecified atom stereocenters. The van der Waals surface area contributed by atoms with E-state index in [1.807, 2.05) is 30.3 Å². The van der Waals surface area contributed by atoms with Gasteiger partial charge in [-0.25, -0.2) is 0 Å². The lowest BCUT2D eigenvalue weighted by Gasteiger charge is -2.16. The first-order valence-electron chi connectivity index (χ1n) is 7.20. The Bertz CT molecular complexity index is 516. The Hall–Kier alpha value is -1.49. The largest absolute Gasteiger partial charge is 0.494 e. The summed E-state index contributed by atoms with van der Waals surface area (Å²) in [5.41, 5.74) is 4.06. The van der Waals surface area contributed by atoms with E-state index < -0.39 is 0 Å². The highest BCUT2D eigenvalue weighted by atomic mass is 32.2. The van der Waals surface area contributed by atoms with Crippen LogP contribution < -0.4 is 16.0 Å². The van der Waals surface area contributed by atoms with Gasteiger partial charge in [-0.05, 0) is 36.2 Å². The zero-order valence-corrected chi connectivity index (χ0v) is 13.1. The summed E-state index contributed by atoms with van der Waals surface area (Å²) in [6.07, 6.45) is 1.02. The van der Waals surface area contributed by atoms with Crippen LogP contribution in [-0.2, 0) is 0 Å². The lowest BCUT2D eigenvalue weighted by Crippen LogP contribution is -2.29. The van der Waals surface area contributed by atoms with Crippen LogP contribution in [0.1, 0.15) is 24.9 Å². The summed E-state index contributed by atoms with van der Waals surface area (Å²) in [5.74, 6) is 7.49. The van der Waals surface area contributed by atoms with Crippen molar-refractivity contribution in [3.63, 3.8) is 0 Å². The standard InChI is InChI=1S/C17H22N2OS/c1-2-12-20-15-10-8-14(9-11-15)17(19-18)13-21-16-6-4-3-5-7-16/h3-11,17,19H,2,12-13,18H2,1H3. The second-order valence-corrected chi connectivity index (χ2v) is 5.85. The smallest absolute Gasteiger partial charge is 0.119 e. The molecule has 112 valence electrons. The molecule has 0 aliphatic carbocycles. The lowest BCUT2D eigenvalue weighted by atomic mass is 10.1. The Kier molecular flexibility index (Phi) is 6.60. The molecular weight excluding hydrogens is 280 g/mol. The van der Waals surface area contributed by atoms with Crippen LogP contribution in [0.3, 0.4) is 0 Å². The van der Waals surface area contributed by atoms with Crippen molar-refractivity contribution in [3.8, 4) is 5.75 Å². The van der Waals surface area contributed by atoms with Crippen molar-refractivity contribution < 1.29 is 4.74 Å². The number of benzene rings is 2. The summed E-state index contributed by atoms with van der Waals surface area (Å²) in [7, 11) is 0. The molecule has 0 aliphatic heterocycles. The molecule has 0 aliphatic rings. The molecule has 3 N–H and O–H groups in total. The van der Waals surface area contributed by atoms with Gasteiger partial charge >= 0.3 is 0 Å². The van der Waals surface area contributed by atoms with E-state index in [1.165, 1.54) is 10.5 Å². The Balaban J connectivity index is 1.94. The van der Waals surface area contributed by atoms with E-state index in [0.29, 0.717) is 0 Å². The summed E-state index contributed by atoms with van der Waals surface area (Å²) in [6, 6.07) is 18.6. The summed E-state index contributed by atoms with van der Waals surface area (Å²) in [6.45, 7) is 2.85. The Labute approximate surface area is 130 Å². The van der Waals surface area contributed by atoms with Gasteiger partial charge in [0.05, 0.1) is 12.6 Å². The SMILES string of the molecule is CCCOc1ccc(C(CSc2ccccc2)NN)cc1. The number of hydrogen-bond acceptors (Lipinski definition) is 4. The third kappa shape index (κ3) is 5.08. The number of hydrazine groups is 1. The minimum atomic E-state index is 0.121. The molecule has 1 atom stereocenters. The van der Waals surface area contributed by atoms with Crippen molar-refractivity contribution in [2.75, 3.05) is 12.4 Å². The average molecular weight is 302 g/mol. The molecule has 0 fully saturated rings. The first-order chi connectivity index (χ1) is 10.3. The van der Waals surface area contributed by atoms with Crippen molar-refractivity contribution in [2.45, 2.75) is 24.3 Å². The second kappa shape index (κ2) is 8.72. The number of hydrogen-bond donors (Lipinski definition) is 2. The van der Waals surface area contributed by atoms with Gasteiger partial charge in [0.2, 0.25) is 0 Å². The predicted octanol–water partition coefficient (Wildman–Crippen LogP) is 3.77. The van der Waals surface area contributed by atoms with Crippen LogP contribution in [0, 0.1) is 0 Å². The fourth-order valence-corrected chi connectivity index (χ4v) is 2.95. The quantitative estimate of drug-likeness (QED) is 0.443. The molecule has 0 saturated heterocycles. The molecule has 0 bridgehead atoms. The molecule has 21 heavy (non-hydrogen) atoms. The summed E-state index contributed by atoms with van der Waals surface area (Å²) >= 11 is 1.79. The van der Waals surface area contributed by atoms with E-state index >= 15 is 0 Å². The van der Waals surface area contributed by atoms with Crippen LogP contribution in [0.5, 0.6) is 5.75 Å². The average Bonchev–Trinajstić information content (AvgIpc) is 2.55. The molecule has 3 nitrogen and oxygen atoms in total. The van der Waals surface area contributed by atoms with Gasteiger partial charge in [0.25, 0.3) is 0 Å². The Morgan fingerprint density at radius 1 is 1.10 bits per heavy atom. The molecule has 0 aromatic heterocycles. The first-order valence-corrected chi connectivity index (χ1v) is 8.18. The first kappa shape index (κ1) is 15.9. The molecule has 2 rings (SSSR count). The highest BCUT2D eigenvalue weighted by Gasteiger charge is 2.10.